The average Bonchev–Trinajstić information content (AvgIpc) is 2.91. The van der Waals surface area contributed by atoms with E-state index >= 15 is 0 Å². The van der Waals surface area contributed by atoms with Gasteiger partial charge in [-0.3, -0.25) is 0 Å². The number of fused-ring (bicyclic) bond motifs is 1. The summed E-state index contributed by atoms with van der Waals surface area (Å²) in [5.41, 5.74) is 0.787. The van der Waals surface area contributed by atoms with E-state index in [1.807, 2.05) is 0 Å². The number of aromatic nitrogens is 1. The molecule has 1 heterocycles. The molecule has 0 aliphatic heterocycles. The third kappa shape index (κ3) is 3.50. The molecule has 0 unspecified atom stereocenters. The average molecular weight is 403 g/mol. The van der Waals surface area contributed by atoms with Crippen LogP contribution in [0.1, 0.15) is 0 Å². The summed E-state index contributed by atoms with van der Waals surface area (Å²) in [4.78, 5) is 4.16. The molecule has 0 spiro atoms. The van der Waals surface area contributed by atoms with Crippen LogP contribution in [0.3, 0.4) is 0 Å². The zero-order chi connectivity index (χ0) is 17.5. The van der Waals surface area contributed by atoms with Crippen molar-refractivity contribution in [1.82, 2.24) is 4.98 Å². The van der Waals surface area contributed by atoms with Gasteiger partial charge in [-0.05, 0) is 30.3 Å². The van der Waals surface area contributed by atoms with Crippen molar-refractivity contribution in [3.05, 3.63) is 40.4 Å². The first-order chi connectivity index (χ1) is 11.2. The molecule has 0 bridgehead atoms. The molecular weight excluding hydrogens is 395 g/mol. The fourth-order valence-electron chi connectivity index (χ4n) is 1.83. The number of thiazole rings is 1. The minimum absolute atomic E-state index is 0.0270. The second kappa shape index (κ2) is 6.26. The van der Waals surface area contributed by atoms with Crippen molar-refractivity contribution in [3.8, 4) is 5.75 Å². The lowest BCUT2D eigenvalue weighted by Gasteiger charge is -1.99. The fraction of sp³-hybridized carbons (Fsp3) is 0. The third-order valence-corrected chi connectivity index (χ3v) is 5.34. The molecule has 0 aliphatic carbocycles. The number of aromatic hydroxyl groups is 1. The first-order valence-electron chi connectivity index (χ1n) is 6.27. The number of rotatable bonds is 3. The molecule has 0 fully saturated rings. The minimum Gasteiger partial charge on any atom is -0.505 e. The van der Waals surface area contributed by atoms with Gasteiger partial charge >= 0.3 is 0 Å². The predicted molar refractivity (Wildman–Crippen MR) is 93.3 cm³/mol. The summed E-state index contributed by atoms with van der Waals surface area (Å²) >= 11 is 12.8. The Hall–Kier alpha value is -1.78. The van der Waals surface area contributed by atoms with E-state index in [4.69, 9.17) is 28.3 Å². The van der Waals surface area contributed by atoms with Gasteiger partial charge in [-0.2, -0.15) is 0 Å². The van der Waals surface area contributed by atoms with Gasteiger partial charge in [0, 0.05) is 0 Å². The van der Waals surface area contributed by atoms with Crippen molar-refractivity contribution in [2.45, 2.75) is 4.90 Å². The molecule has 0 amide bonds. The van der Waals surface area contributed by atoms with Crippen molar-refractivity contribution in [1.29, 1.82) is 0 Å². The second-order valence-corrected chi connectivity index (χ2v) is 8.01. The molecule has 2 aromatic carbocycles. The summed E-state index contributed by atoms with van der Waals surface area (Å²) in [6.07, 6.45) is 0. The van der Waals surface area contributed by atoms with E-state index in [-0.39, 0.29) is 20.7 Å². The van der Waals surface area contributed by atoms with Crippen molar-refractivity contribution in [3.63, 3.8) is 0 Å². The minimum atomic E-state index is -3.80. The Morgan fingerprint density at radius 1 is 1.12 bits per heavy atom. The number of primary sulfonamides is 1. The lowest BCUT2D eigenvalue weighted by molar-refractivity contribution is 0.476. The Morgan fingerprint density at radius 2 is 1.79 bits per heavy atom. The summed E-state index contributed by atoms with van der Waals surface area (Å²) < 4.78 is 23.4. The molecule has 0 radical (unpaired) electrons. The summed E-state index contributed by atoms with van der Waals surface area (Å²) in [6.45, 7) is 0. The predicted octanol–water partition coefficient (Wildman–Crippen LogP) is 4.37. The van der Waals surface area contributed by atoms with Crippen LogP contribution in [-0.2, 0) is 10.0 Å². The number of nitrogens with two attached hydrogens (primary N) is 1. The summed E-state index contributed by atoms with van der Waals surface area (Å²) in [5, 5.41) is 22.9. The molecule has 124 valence electrons. The Balaban J connectivity index is 1.96. The molecule has 0 aliphatic rings. The molecule has 3 rings (SSSR count). The summed E-state index contributed by atoms with van der Waals surface area (Å²) in [6, 6.07) is 7.17. The number of benzene rings is 2. The van der Waals surface area contributed by atoms with Gasteiger partial charge in [0.25, 0.3) is 0 Å². The second-order valence-electron chi connectivity index (χ2n) is 4.63. The smallest absolute Gasteiger partial charge is 0.238 e. The molecule has 0 saturated carbocycles. The Kier molecular flexibility index (Phi) is 4.45. The third-order valence-electron chi connectivity index (χ3n) is 2.93. The van der Waals surface area contributed by atoms with Crippen molar-refractivity contribution in [2.24, 2.45) is 15.4 Å². The quantitative estimate of drug-likeness (QED) is 0.631. The number of hydrogen-bond donors (Lipinski definition) is 2. The normalized spacial score (nSPS) is 12.3. The van der Waals surface area contributed by atoms with E-state index in [2.05, 4.69) is 15.2 Å². The van der Waals surface area contributed by atoms with Crippen LogP contribution in [0, 0.1) is 0 Å². The molecular formula is C13H8Cl2N4O3S2. The van der Waals surface area contributed by atoms with Gasteiger partial charge in [0.05, 0.1) is 30.8 Å². The van der Waals surface area contributed by atoms with E-state index in [1.54, 1.807) is 6.07 Å². The van der Waals surface area contributed by atoms with Crippen LogP contribution in [0.25, 0.3) is 10.2 Å². The molecule has 3 N–H and O–H groups in total. The molecule has 7 nitrogen and oxygen atoms in total. The van der Waals surface area contributed by atoms with Crippen LogP contribution in [-0.4, -0.2) is 18.5 Å². The number of phenols is 1. The maximum Gasteiger partial charge on any atom is 0.238 e. The van der Waals surface area contributed by atoms with Crippen molar-refractivity contribution >= 4 is 65.6 Å². The molecule has 24 heavy (non-hydrogen) atoms. The van der Waals surface area contributed by atoms with Crippen molar-refractivity contribution < 1.29 is 13.5 Å². The standard InChI is InChI=1S/C13H8Cl2N4O3S2/c14-8-3-6(4-9(15)12(8)20)18-19-13-17-10-5-7(24(16,21)22)1-2-11(10)23-13/h1-5,20H,(H2,16,21,22)/b19-18+. The summed E-state index contributed by atoms with van der Waals surface area (Å²) in [7, 11) is -3.80. The monoisotopic (exact) mass is 402 g/mol. The van der Waals surface area contributed by atoms with Gasteiger partial charge in [-0.15, -0.1) is 10.2 Å². The number of hydrogen-bond acceptors (Lipinski definition) is 7. The molecule has 1 aromatic heterocycles. The van der Waals surface area contributed by atoms with Gasteiger partial charge in [0.15, 0.2) is 5.75 Å². The van der Waals surface area contributed by atoms with E-state index in [9.17, 15) is 13.5 Å². The van der Waals surface area contributed by atoms with Gasteiger partial charge in [0.2, 0.25) is 15.2 Å². The largest absolute Gasteiger partial charge is 0.505 e. The topological polar surface area (TPSA) is 118 Å². The first-order valence-corrected chi connectivity index (χ1v) is 9.39. The molecule has 0 saturated heterocycles. The fourth-order valence-corrected chi connectivity index (χ4v) is 3.60. The van der Waals surface area contributed by atoms with Crippen molar-refractivity contribution in [2.75, 3.05) is 0 Å². The lowest BCUT2D eigenvalue weighted by Crippen LogP contribution is -2.11. The van der Waals surface area contributed by atoms with Crippen LogP contribution in [0.2, 0.25) is 10.0 Å². The highest BCUT2D eigenvalue weighted by Gasteiger charge is 2.11. The highest BCUT2D eigenvalue weighted by Crippen LogP contribution is 2.37. The molecule has 11 heteroatoms. The number of azo groups is 1. The number of phenolic OH excluding ortho intramolecular Hbond substituents is 1. The number of sulfonamides is 1. The Morgan fingerprint density at radius 3 is 2.42 bits per heavy atom. The van der Waals surface area contributed by atoms with Gasteiger partial charge in [-0.1, -0.05) is 34.5 Å². The Bertz CT molecular complexity index is 1060. The van der Waals surface area contributed by atoms with Crippen LogP contribution >= 0.6 is 34.5 Å². The summed E-state index contributed by atoms with van der Waals surface area (Å²) in [5.74, 6) is -0.229. The molecule has 3 aromatic rings. The highest BCUT2D eigenvalue weighted by molar-refractivity contribution is 7.89. The van der Waals surface area contributed by atoms with E-state index in [1.165, 1.54) is 35.6 Å². The lowest BCUT2D eigenvalue weighted by atomic mass is 10.3. The highest BCUT2D eigenvalue weighted by atomic mass is 35.5. The van der Waals surface area contributed by atoms with Crippen LogP contribution in [0.15, 0.2) is 45.5 Å². The maximum absolute atomic E-state index is 11.4. The number of nitrogens with zero attached hydrogens (tertiary/aromatic N) is 3. The van der Waals surface area contributed by atoms with E-state index < -0.39 is 10.0 Å². The first kappa shape index (κ1) is 17.1. The zero-order valence-corrected chi connectivity index (χ0v) is 14.8. The molecule has 0 atom stereocenters. The van der Waals surface area contributed by atoms with Crippen LogP contribution < -0.4 is 5.14 Å². The van der Waals surface area contributed by atoms with Crippen LogP contribution in [0.5, 0.6) is 5.75 Å². The maximum atomic E-state index is 11.4. The van der Waals surface area contributed by atoms with E-state index in [0.717, 1.165) is 4.70 Å². The van der Waals surface area contributed by atoms with Gasteiger partial charge in [-0.25, -0.2) is 18.5 Å². The number of halogens is 2. The zero-order valence-electron chi connectivity index (χ0n) is 11.6. The van der Waals surface area contributed by atoms with Gasteiger partial charge < -0.3 is 5.11 Å². The Labute approximate surface area is 150 Å². The van der Waals surface area contributed by atoms with Crippen LogP contribution in [0.4, 0.5) is 10.8 Å². The SMILES string of the molecule is NS(=O)(=O)c1ccc2sc(/N=N/c3cc(Cl)c(O)c(Cl)c3)nc2c1. The van der Waals surface area contributed by atoms with Gasteiger partial charge in [0.1, 0.15) is 0 Å². The van der Waals surface area contributed by atoms with E-state index in [0.29, 0.717) is 16.3 Å².